The molecule has 1 aliphatic heterocycles. The van der Waals surface area contributed by atoms with E-state index in [2.05, 4.69) is 66.6 Å². The van der Waals surface area contributed by atoms with Crippen LogP contribution < -0.4 is 20.4 Å². The van der Waals surface area contributed by atoms with Crippen molar-refractivity contribution in [2.75, 3.05) is 46.6 Å². The SMILES string of the molecule is CC(=O)Nc1cc(Nc2ncnc(N3CCN(c4ccccc4C)CC3)n2)ccc1Cl. The summed E-state index contributed by atoms with van der Waals surface area (Å²) in [4.78, 5) is 29.1. The van der Waals surface area contributed by atoms with Gasteiger partial charge in [-0.2, -0.15) is 4.98 Å². The Bertz CT molecular complexity index is 1080. The number of halogens is 1. The molecule has 0 saturated carbocycles. The van der Waals surface area contributed by atoms with Crippen LogP contribution in [-0.2, 0) is 4.79 Å². The van der Waals surface area contributed by atoms with Crippen molar-refractivity contribution in [2.45, 2.75) is 13.8 Å². The number of nitrogens with zero attached hydrogens (tertiary/aromatic N) is 5. The van der Waals surface area contributed by atoms with Crippen molar-refractivity contribution in [3.8, 4) is 0 Å². The van der Waals surface area contributed by atoms with Crippen LogP contribution >= 0.6 is 11.6 Å². The maximum Gasteiger partial charge on any atom is 0.231 e. The summed E-state index contributed by atoms with van der Waals surface area (Å²) in [7, 11) is 0. The molecule has 1 amide bonds. The van der Waals surface area contributed by atoms with Gasteiger partial charge in [-0.05, 0) is 36.8 Å². The number of anilines is 5. The van der Waals surface area contributed by atoms with Gasteiger partial charge in [0.2, 0.25) is 17.8 Å². The van der Waals surface area contributed by atoms with Crippen molar-refractivity contribution in [3.63, 3.8) is 0 Å². The van der Waals surface area contributed by atoms with E-state index >= 15 is 0 Å². The second-order valence-corrected chi connectivity index (χ2v) is 7.78. The van der Waals surface area contributed by atoms with Crippen LogP contribution in [0.2, 0.25) is 5.02 Å². The maximum absolute atomic E-state index is 11.4. The van der Waals surface area contributed by atoms with Crippen LogP contribution in [0, 0.1) is 6.92 Å². The minimum atomic E-state index is -0.189. The number of nitrogens with one attached hydrogen (secondary N) is 2. The Morgan fingerprint density at radius 3 is 2.52 bits per heavy atom. The van der Waals surface area contributed by atoms with Crippen molar-refractivity contribution in [3.05, 3.63) is 59.4 Å². The highest BCUT2D eigenvalue weighted by molar-refractivity contribution is 6.33. The third kappa shape index (κ3) is 5.03. The fourth-order valence-electron chi connectivity index (χ4n) is 3.58. The maximum atomic E-state index is 11.4. The molecule has 0 unspecified atom stereocenters. The summed E-state index contributed by atoms with van der Waals surface area (Å²) in [5.74, 6) is 0.881. The van der Waals surface area contributed by atoms with Crippen LogP contribution in [0.4, 0.5) is 29.0 Å². The van der Waals surface area contributed by atoms with E-state index in [4.69, 9.17) is 11.6 Å². The molecule has 160 valence electrons. The molecule has 4 rings (SSSR count). The largest absolute Gasteiger partial charge is 0.368 e. The monoisotopic (exact) mass is 437 g/mol. The molecule has 3 aromatic rings. The third-order valence-electron chi connectivity index (χ3n) is 5.11. The van der Waals surface area contributed by atoms with E-state index in [9.17, 15) is 4.79 Å². The van der Waals surface area contributed by atoms with Crippen LogP contribution in [0.3, 0.4) is 0 Å². The smallest absolute Gasteiger partial charge is 0.231 e. The number of carbonyl (C=O) groups excluding carboxylic acids is 1. The van der Waals surface area contributed by atoms with Crippen LogP contribution in [-0.4, -0.2) is 47.0 Å². The molecule has 8 nitrogen and oxygen atoms in total. The number of piperazine rings is 1. The van der Waals surface area contributed by atoms with E-state index in [-0.39, 0.29) is 5.91 Å². The van der Waals surface area contributed by atoms with Gasteiger partial charge in [-0.25, -0.2) is 9.97 Å². The van der Waals surface area contributed by atoms with Crippen molar-refractivity contribution in [1.29, 1.82) is 0 Å². The van der Waals surface area contributed by atoms with Crippen LogP contribution in [0.5, 0.6) is 0 Å². The molecule has 0 atom stereocenters. The van der Waals surface area contributed by atoms with Crippen LogP contribution in [0.15, 0.2) is 48.8 Å². The second kappa shape index (κ2) is 9.18. The predicted molar refractivity (Wildman–Crippen MR) is 124 cm³/mol. The van der Waals surface area contributed by atoms with Crippen LogP contribution in [0.25, 0.3) is 0 Å². The summed E-state index contributed by atoms with van der Waals surface area (Å²) in [6.07, 6.45) is 1.50. The number of hydrogen-bond acceptors (Lipinski definition) is 7. The number of benzene rings is 2. The van der Waals surface area contributed by atoms with Gasteiger partial charge in [-0.1, -0.05) is 29.8 Å². The molecule has 2 aromatic carbocycles. The topological polar surface area (TPSA) is 86.3 Å². The predicted octanol–water partition coefficient (Wildman–Crippen LogP) is 3.86. The Morgan fingerprint density at radius 1 is 1.03 bits per heavy atom. The molecule has 31 heavy (non-hydrogen) atoms. The molecule has 0 bridgehead atoms. The van der Waals surface area contributed by atoms with Gasteiger partial charge in [0.1, 0.15) is 6.33 Å². The molecule has 0 spiro atoms. The molecule has 1 aliphatic rings. The number of para-hydroxylation sites is 1. The number of carbonyl (C=O) groups is 1. The Morgan fingerprint density at radius 2 is 1.77 bits per heavy atom. The summed E-state index contributed by atoms with van der Waals surface area (Å²) in [6, 6.07) is 13.7. The molecule has 9 heteroatoms. The van der Waals surface area contributed by atoms with Gasteiger partial charge in [0.15, 0.2) is 0 Å². The van der Waals surface area contributed by atoms with E-state index < -0.39 is 0 Å². The van der Waals surface area contributed by atoms with Gasteiger partial charge in [-0.3, -0.25) is 4.79 Å². The molecular formula is C22H24ClN7O. The van der Waals surface area contributed by atoms with Gasteiger partial charge in [0, 0.05) is 44.5 Å². The van der Waals surface area contributed by atoms with Crippen molar-refractivity contribution in [2.24, 2.45) is 0 Å². The van der Waals surface area contributed by atoms with E-state index in [1.165, 1.54) is 24.5 Å². The lowest BCUT2D eigenvalue weighted by molar-refractivity contribution is -0.114. The van der Waals surface area contributed by atoms with Gasteiger partial charge >= 0.3 is 0 Å². The summed E-state index contributed by atoms with van der Waals surface area (Å²) in [5.41, 5.74) is 3.80. The fraction of sp³-hybridized carbons (Fsp3) is 0.273. The zero-order valence-corrected chi connectivity index (χ0v) is 18.2. The first-order valence-corrected chi connectivity index (χ1v) is 10.5. The van der Waals surface area contributed by atoms with Gasteiger partial charge in [-0.15, -0.1) is 0 Å². The molecule has 2 N–H and O–H groups in total. The molecule has 0 aliphatic carbocycles. The van der Waals surface area contributed by atoms with E-state index in [1.54, 1.807) is 18.2 Å². The lowest BCUT2D eigenvalue weighted by Crippen LogP contribution is -2.47. The Kier molecular flexibility index (Phi) is 6.18. The highest BCUT2D eigenvalue weighted by Gasteiger charge is 2.20. The number of amides is 1. The summed E-state index contributed by atoms with van der Waals surface area (Å²) < 4.78 is 0. The average molecular weight is 438 g/mol. The number of hydrogen-bond donors (Lipinski definition) is 2. The lowest BCUT2D eigenvalue weighted by atomic mass is 10.1. The zero-order chi connectivity index (χ0) is 21.8. The first kappa shape index (κ1) is 20.9. The van der Waals surface area contributed by atoms with Crippen molar-refractivity contribution in [1.82, 2.24) is 15.0 Å². The third-order valence-corrected chi connectivity index (χ3v) is 5.44. The highest BCUT2D eigenvalue weighted by atomic mass is 35.5. The number of rotatable bonds is 5. The van der Waals surface area contributed by atoms with Gasteiger partial charge in [0.25, 0.3) is 0 Å². The first-order valence-electron chi connectivity index (χ1n) is 10.1. The molecule has 0 radical (unpaired) electrons. The highest BCUT2D eigenvalue weighted by Crippen LogP contribution is 2.27. The minimum absolute atomic E-state index is 0.189. The fourth-order valence-corrected chi connectivity index (χ4v) is 3.75. The molecule has 1 fully saturated rings. The van der Waals surface area contributed by atoms with E-state index in [0.717, 1.165) is 31.9 Å². The standard InChI is InChI=1S/C22H24ClN7O/c1-15-5-3-4-6-20(15)29-9-11-30(12-10-29)22-25-14-24-21(28-22)27-17-7-8-18(23)19(13-17)26-16(2)31/h3-8,13-14H,9-12H2,1-2H3,(H,26,31)(H,24,25,27,28). The molecule has 2 heterocycles. The average Bonchev–Trinajstić information content (AvgIpc) is 2.76. The normalized spacial score (nSPS) is 13.8. The molecule has 1 saturated heterocycles. The van der Waals surface area contributed by atoms with E-state index in [0.29, 0.717) is 22.6 Å². The molecular weight excluding hydrogens is 414 g/mol. The summed E-state index contributed by atoms with van der Waals surface area (Å²) in [5, 5.41) is 6.33. The number of aromatic nitrogens is 3. The van der Waals surface area contributed by atoms with Crippen molar-refractivity contribution < 1.29 is 4.79 Å². The lowest BCUT2D eigenvalue weighted by Gasteiger charge is -2.36. The number of aryl methyl sites for hydroxylation is 1. The quantitative estimate of drug-likeness (QED) is 0.626. The summed E-state index contributed by atoms with van der Waals surface area (Å²) >= 11 is 6.14. The van der Waals surface area contributed by atoms with Gasteiger partial charge < -0.3 is 20.4 Å². The molecule has 1 aromatic heterocycles. The Hall–Kier alpha value is -3.39. The van der Waals surface area contributed by atoms with Crippen molar-refractivity contribution >= 4 is 46.5 Å². The first-order chi connectivity index (χ1) is 15.0. The van der Waals surface area contributed by atoms with E-state index in [1.807, 2.05) is 0 Å². The Labute approximate surface area is 186 Å². The zero-order valence-electron chi connectivity index (χ0n) is 17.5. The summed E-state index contributed by atoms with van der Waals surface area (Å²) in [6.45, 7) is 7.03. The Balaban J connectivity index is 1.44. The second-order valence-electron chi connectivity index (χ2n) is 7.37. The van der Waals surface area contributed by atoms with Gasteiger partial charge in [0.05, 0.1) is 10.7 Å². The van der Waals surface area contributed by atoms with Crippen LogP contribution in [0.1, 0.15) is 12.5 Å². The minimum Gasteiger partial charge on any atom is -0.368 e.